The SMILES string of the molecule is [2H]c1cn([C@@H]2O[C@H](C([2H])([2H])OP(=O)(OCOC(=O)OC(C)C)OCOC(=O)OC(C)C)[C@@H](O)[C@@]2(C)O)c(=O)[nH]c1=O. The Bertz CT molecular complexity index is 1220. The molecule has 1 aliphatic rings. The van der Waals surface area contributed by atoms with E-state index in [-0.39, 0.29) is 0 Å². The first kappa shape index (κ1) is 26.8. The number of hydrogen-bond donors (Lipinski definition) is 3. The van der Waals surface area contributed by atoms with Crippen molar-refractivity contribution in [2.24, 2.45) is 0 Å². The van der Waals surface area contributed by atoms with Crippen LogP contribution in [0.2, 0.25) is 0 Å². The molecule has 1 aromatic rings. The van der Waals surface area contributed by atoms with E-state index in [0.29, 0.717) is 10.8 Å². The first-order valence-electron chi connectivity index (χ1n) is 12.4. The van der Waals surface area contributed by atoms with E-state index in [4.69, 9.17) is 31.9 Å². The summed E-state index contributed by atoms with van der Waals surface area (Å²) in [5.41, 5.74) is -4.68. The summed E-state index contributed by atoms with van der Waals surface area (Å²) < 4.78 is 76.2. The number of carbonyl (C=O) groups is 2. The van der Waals surface area contributed by atoms with Crippen molar-refractivity contribution in [1.29, 1.82) is 0 Å². The second-order valence-corrected chi connectivity index (χ2v) is 9.89. The molecule has 1 aromatic heterocycles. The molecule has 0 amide bonds. The van der Waals surface area contributed by atoms with Crippen LogP contribution in [0.1, 0.15) is 45.0 Å². The van der Waals surface area contributed by atoms with Crippen molar-refractivity contribution in [3.05, 3.63) is 33.1 Å². The highest BCUT2D eigenvalue weighted by atomic mass is 31.2. The summed E-state index contributed by atoms with van der Waals surface area (Å²) in [6.45, 7) is 1.23. The molecular formula is C20H31N2O15P. The Morgan fingerprint density at radius 2 is 1.68 bits per heavy atom. The highest BCUT2D eigenvalue weighted by Crippen LogP contribution is 2.50. The standard InChI is InChI=1S/C20H31N2O15P/c1-11(2)35-18(26)30-9-33-38(29,34-10-31-19(27)36-12(3)4)32-8-13-15(24)20(5,28)16(37-13)22-7-6-14(23)21-17(22)25/h6-7,11-13,15-16,24,28H,8-10H2,1-5H3,(H,21,23,25)/t13-,15-,16-,20-/m1/s1/i6D,8D2. The Kier molecular flexibility index (Phi) is 9.40. The van der Waals surface area contributed by atoms with E-state index in [1.165, 1.54) is 27.7 Å². The van der Waals surface area contributed by atoms with Gasteiger partial charge in [-0.2, -0.15) is 0 Å². The van der Waals surface area contributed by atoms with Gasteiger partial charge in [-0.25, -0.2) is 28.0 Å². The zero-order valence-electron chi connectivity index (χ0n) is 24.0. The molecule has 3 N–H and O–H groups in total. The lowest BCUT2D eigenvalue weighted by molar-refractivity contribution is -0.0992. The molecule has 2 heterocycles. The summed E-state index contributed by atoms with van der Waals surface area (Å²) in [6, 6.07) is -0.723. The number of carbonyl (C=O) groups excluding carboxylic acids is 2. The van der Waals surface area contributed by atoms with Gasteiger partial charge in [0.05, 0.1) is 22.9 Å². The smallest absolute Gasteiger partial charge is 0.432 e. The Morgan fingerprint density at radius 3 is 2.18 bits per heavy atom. The fraction of sp³-hybridized carbons (Fsp3) is 0.700. The predicted octanol–water partition coefficient (Wildman–Crippen LogP) is 0.742. The lowest BCUT2D eigenvalue weighted by Gasteiger charge is -2.27. The topological polar surface area (TPSA) is 220 Å². The van der Waals surface area contributed by atoms with Gasteiger partial charge in [-0.1, -0.05) is 0 Å². The van der Waals surface area contributed by atoms with Crippen LogP contribution in [0.15, 0.2) is 21.8 Å². The van der Waals surface area contributed by atoms with Crippen molar-refractivity contribution in [2.75, 3.05) is 20.1 Å². The lowest BCUT2D eigenvalue weighted by Crippen LogP contribution is -2.46. The second-order valence-electron chi connectivity index (χ2n) is 8.29. The van der Waals surface area contributed by atoms with Crippen LogP contribution < -0.4 is 11.2 Å². The number of aliphatic hydroxyl groups excluding tert-OH is 1. The highest BCUT2D eigenvalue weighted by Gasteiger charge is 2.54. The number of H-pyrrole nitrogens is 1. The van der Waals surface area contributed by atoms with Crippen LogP contribution in [0, 0.1) is 0 Å². The van der Waals surface area contributed by atoms with Gasteiger partial charge in [0.1, 0.15) is 17.8 Å². The zero-order valence-corrected chi connectivity index (χ0v) is 21.9. The van der Waals surface area contributed by atoms with Crippen molar-refractivity contribution in [1.82, 2.24) is 9.55 Å². The van der Waals surface area contributed by atoms with Gasteiger partial charge in [0, 0.05) is 12.2 Å². The van der Waals surface area contributed by atoms with E-state index in [1.54, 1.807) is 4.98 Å². The minimum Gasteiger partial charge on any atom is -0.432 e. The summed E-state index contributed by atoms with van der Waals surface area (Å²) in [4.78, 5) is 48.8. The molecule has 0 aromatic carbocycles. The number of nitrogens with one attached hydrogen (secondary N) is 1. The van der Waals surface area contributed by atoms with E-state index < -0.39 is 93.8 Å². The Balaban J connectivity index is 2.28. The summed E-state index contributed by atoms with van der Waals surface area (Å²) in [7, 11) is -5.22. The minimum atomic E-state index is -5.22. The molecule has 1 fully saturated rings. The monoisotopic (exact) mass is 573 g/mol. The molecule has 0 spiro atoms. The fourth-order valence-electron chi connectivity index (χ4n) is 2.74. The van der Waals surface area contributed by atoms with Crippen LogP contribution in [0.25, 0.3) is 0 Å². The minimum absolute atomic E-state index is 0.526. The number of ether oxygens (including phenoxy) is 5. The summed E-state index contributed by atoms with van der Waals surface area (Å²) in [6.07, 6.45) is -9.35. The maximum absolute atomic E-state index is 13.3. The molecule has 4 atom stereocenters. The Labute approximate surface area is 220 Å². The molecule has 0 radical (unpaired) electrons. The fourth-order valence-corrected chi connectivity index (χ4v) is 3.52. The first-order chi connectivity index (χ1) is 18.8. The lowest BCUT2D eigenvalue weighted by atomic mass is 9.96. The molecule has 18 heteroatoms. The molecule has 1 aliphatic heterocycles. The first-order valence-corrected chi connectivity index (χ1v) is 12.4. The van der Waals surface area contributed by atoms with Crippen LogP contribution in [0.3, 0.4) is 0 Å². The quantitative estimate of drug-likeness (QED) is 0.178. The number of aromatic nitrogens is 2. The van der Waals surface area contributed by atoms with E-state index in [1.807, 2.05) is 0 Å². The van der Waals surface area contributed by atoms with Crippen LogP contribution in [0.4, 0.5) is 9.59 Å². The zero-order chi connectivity index (χ0) is 31.3. The second kappa shape index (κ2) is 13.3. The normalized spacial score (nSPS) is 25.0. The summed E-state index contributed by atoms with van der Waals surface area (Å²) >= 11 is 0. The van der Waals surface area contributed by atoms with Gasteiger partial charge in [0.2, 0.25) is 13.6 Å². The van der Waals surface area contributed by atoms with Gasteiger partial charge >= 0.3 is 25.8 Å². The van der Waals surface area contributed by atoms with Crippen molar-refractivity contribution < 1.29 is 65.7 Å². The van der Waals surface area contributed by atoms with Crippen LogP contribution >= 0.6 is 7.82 Å². The number of aliphatic hydroxyl groups is 2. The van der Waals surface area contributed by atoms with Gasteiger partial charge < -0.3 is 33.9 Å². The van der Waals surface area contributed by atoms with E-state index in [0.717, 1.165) is 6.92 Å². The molecule has 0 bridgehead atoms. The molecule has 2 rings (SSSR count). The number of rotatable bonds is 12. The molecule has 38 heavy (non-hydrogen) atoms. The largest absolute Gasteiger partial charge is 0.510 e. The number of nitrogens with zero attached hydrogens (tertiary/aromatic N) is 1. The Morgan fingerprint density at radius 1 is 1.16 bits per heavy atom. The summed E-state index contributed by atoms with van der Waals surface area (Å²) in [5, 5.41) is 21.5. The third kappa shape index (κ3) is 8.90. The maximum Gasteiger partial charge on any atom is 0.510 e. The number of phosphoric acid groups is 1. The van der Waals surface area contributed by atoms with Gasteiger partial charge in [0.25, 0.3) is 5.56 Å². The van der Waals surface area contributed by atoms with Crippen LogP contribution in [0.5, 0.6) is 0 Å². The molecule has 0 saturated carbocycles. The van der Waals surface area contributed by atoms with Gasteiger partial charge in [0.15, 0.2) is 6.23 Å². The van der Waals surface area contributed by atoms with Gasteiger partial charge in [-0.15, -0.1) is 0 Å². The van der Waals surface area contributed by atoms with Crippen LogP contribution in [-0.2, 0) is 41.8 Å². The number of hydrogen-bond acceptors (Lipinski definition) is 15. The molecule has 0 unspecified atom stereocenters. The number of aromatic amines is 1. The van der Waals surface area contributed by atoms with Crippen molar-refractivity contribution >= 4 is 20.1 Å². The third-order valence-electron chi connectivity index (χ3n) is 4.42. The maximum atomic E-state index is 13.3. The number of phosphoric ester groups is 1. The van der Waals surface area contributed by atoms with Gasteiger partial charge in [-0.3, -0.25) is 18.9 Å². The van der Waals surface area contributed by atoms with Gasteiger partial charge in [-0.05, 0) is 34.6 Å². The average Bonchev–Trinajstić information content (AvgIpc) is 3.04. The average molecular weight is 573 g/mol. The van der Waals surface area contributed by atoms with Crippen LogP contribution in [-0.4, -0.2) is 82.2 Å². The van der Waals surface area contributed by atoms with E-state index in [2.05, 4.69) is 9.47 Å². The highest BCUT2D eigenvalue weighted by molar-refractivity contribution is 7.48. The van der Waals surface area contributed by atoms with E-state index >= 15 is 0 Å². The molecule has 216 valence electrons. The molecule has 1 saturated heterocycles. The predicted molar refractivity (Wildman–Crippen MR) is 123 cm³/mol. The van der Waals surface area contributed by atoms with Crippen molar-refractivity contribution in [2.45, 2.75) is 70.9 Å². The van der Waals surface area contributed by atoms with Crippen molar-refractivity contribution in [3.63, 3.8) is 0 Å². The Hall–Kier alpha value is -2.79. The molecule has 17 nitrogen and oxygen atoms in total. The molecular weight excluding hydrogens is 539 g/mol. The van der Waals surface area contributed by atoms with E-state index in [9.17, 15) is 34.0 Å². The summed E-state index contributed by atoms with van der Waals surface area (Å²) in [5.74, 6) is 0. The van der Waals surface area contributed by atoms with Crippen molar-refractivity contribution in [3.8, 4) is 0 Å². The molecule has 0 aliphatic carbocycles. The third-order valence-corrected chi connectivity index (χ3v) is 5.60.